The minimum atomic E-state index is -4.39. The van der Waals surface area contributed by atoms with E-state index in [4.69, 9.17) is 16.0 Å². The quantitative estimate of drug-likeness (QED) is 0.790. The maximum atomic E-state index is 12.8. The first-order valence-corrected chi connectivity index (χ1v) is 8.36. The van der Waals surface area contributed by atoms with Crippen LogP contribution in [0.1, 0.15) is 24.4 Å². The molecule has 0 aromatic carbocycles. The van der Waals surface area contributed by atoms with E-state index in [2.05, 4.69) is 0 Å². The summed E-state index contributed by atoms with van der Waals surface area (Å²) in [6.45, 7) is 0.983. The Labute approximate surface area is 125 Å². The predicted octanol–water partition coefficient (Wildman–Crippen LogP) is 3.29. The highest BCUT2D eigenvalue weighted by Gasteiger charge is 2.44. The van der Waals surface area contributed by atoms with Gasteiger partial charge in [-0.05, 0) is 19.8 Å². The first-order chi connectivity index (χ1) is 9.66. The molecule has 1 atom stereocenters. The lowest BCUT2D eigenvalue weighted by molar-refractivity contribution is -0.182. The van der Waals surface area contributed by atoms with E-state index in [1.807, 2.05) is 0 Å². The monoisotopic (exact) mass is 345 g/mol. The molecule has 21 heavy (non-hydrogen) atoms. The highest BCUT2D eigenvalue weighted by Crippen LogP contribution is 2.35. The van der Waals surface area contributed by atoms with Gasteiger partial charge in [-0.1, -0.05) is 0 Å². The van der Waals surface area contributed by atoms with Crippen molar-refractivity contribution in [2.24, 2.45) is 5.92 Å². The lowest BCUT2D eigenvalue weighted by Crippen LogP contribution is -2.44. The molecule has 0 amide bonds. The minimum Gasteiger partial charge on any atom is -0.464 e. The topological polar surface area (TPSA) is 50.5 Å². The molecule has 2 rings (SSSR count). The van der Waals surface area contributed by atoms with Crippen molar-refractivity contribution in [3.8, 4) is 0 Å². The van der Waals surface area contributed by atoms with E-state index in [0.717, 1.165) is 4.31 Å². The van der Waals surface area contributed by atoms with Gasteiger partial charge in [0.15, 0.2) is 0 Å². The highest BCUT2D eigenvalue weighted by molar-refractivity contribution is 7.89. The average Bonchev–Trinajstić information content (AvgIpc) is 2.80. The fourth-order valence-electron chi connectivity index (χ4n) is 2.41. The molecule has 1 aliphatic heterocycles. The molecule has 0 bridgehead atoms. The molecule has 0 radical (unpaired) electrons. The zero-order chi connectivity index (χ0) is 15.8. The van der Waals surface area contributed by atoms with Crippen molar-refractivity contribution in [2.45, 2.75) is 36.7 Å². The van der Waals surface area contributed by atoms with Crippen molar-refractivity contribution in [1.29, 1.82) is 0 Å². The molecular formula is C12H15ClF3NO3S. The van der Waals surface area contributed by atoms with Gasteiger partial charge in [-0.15, -0.1) is 11.6 Å². The molecular weight excluding hydrogens is 331 g/mol. The smallest absolute Gasteiger partial charge is 0.393 e. The number of aryl methyl sites for hydroxylation is 1. The molecule has 0 spiro atoms. The zero-order valence-corrected chi connectivity index (χ0v) is 12.9. The fraction of sp³-hybridized carbons (Fsp3) is 0.667. The number of hydrogen-bond acceptors (Lipinski definition) is 3. The van der Waals surface area contributed by atoms with E-state index in [-0.39, 0.29) is 41.7 Å². The molecule has 120 valence electrons. The van der Waals surface area contributed by atoms with Gasteiger partial charge < -0.3 is 4.42 Å². The summed E-state index contributed by atoms with van der Waals surface area (Å²) in [6.07, 6.45) is -4.25. The van der Waals surface area contributed by atoms with Gasteiger partial charge >= 0.3 is 6.18 Å². The van der Waals surface area contributed by atoms with Gasteiger partial charge in [0.25, 0.3) is 0 Å². The Morgan fingerprint density at radius 1 is 1.48 bits per heavy atom. The Kier molecular flexibility index (Phi) is 4.60. The van der Waals surface area contributed by atoms with Crippen LogP contribution in [-0.4, -0.2) is 32.0 Å². The summed E-state index contributed by atoms with van der Waals surface area (Å²) in [6, 6.07) is 1.27. The lowest BCUT2D eigenvalue weighted by atomic mass is 9.99. The van der Waals surface area contributed by atoms with Crippen LogP contribution in [0.15, 0.2) is 15.4 Å². The van der Waals surface area contributed by atoms with Crippen LogP contribution in [0.3, 0.4) is 0 Å². The van der Waals surface area contributed by atoms with Crippen LogP contribution in [0.4, 0.5) is 13.2 Å². The highest BCUT2D eigenvalue weighted by atomic mass is 35.5. The zero-order valence-electron chi connectivity index (χ0n) is 11.3. The Morgan fingerprint density at radius 3 is 2.67 bits per heavy atom. The molecule has 1 aliphatic rings. The number of halogens is 4. The molecule has 0 aliphatic carbocycles. The molecule has 9 heteroatoms. The fourth-order valence-corrected chi connectivity index (χ4v) is 4.25. The second kappa shape index (κ2) is 5.81. The summed E-state index contributed by atoms with van der Waals surface area (Å²) in [7, 11) is -3.99. The Balaban J connectivity index is 2.28. The first-order valence-electron chi connectivity index (χ1n) is 6.38. The maximum Gasteiger partial charge on any atom is 0.393 e. The second-order valence-corrected chi connectivity index (χ2v) is 7.18. The van der Waals surface area contributed by atoms with Crippen molar-refractivity contribution in [3.63, 3.8) is 0 Å². The molecule has 0 N–H and O–H groups in total. The first kappa shape index (κ1) is 16.6. The van der Waals surface area contributed by atoms with Crippen LogP contribution < -0.4 is 0 Å². The van der Waals surface area contributed by atoms with Crippen molar-refractivity contribution in [3.05, 3.63) is 17.6 Å². The van der Waals surface area contributed by atoms with E-state index < -0.39 is 28.7 Å². The summed E-state index contributed by atoms with van der Waals surface area (Å²) >= 11 is 5.58. The Bertz CT molecular complexity index is 612. The molecule has 4 nitrogen and oxygen atoms in total. The van der Waals surface area contributed by atoms with Crippen LogP contribution in [-0.2, 0) is 15.9 Å². The number of nitrogens with zero attached hydrogens (tertiary/aromatic N) is 1. The van der Waals surface area contributed by atoms with Gasteiger partial charge in [0.05, 0.1) is 11.8 Å². The minimum absolute atomic E-state index is 0.00152. The van der Waals surface area contributed by atoms with E-state index in [9.17, 15) is 21.6 Å². The van der Waals surface area contributed by atoms with Crippen molar-refractivity contribution in [2.75, 3.05) is 13.1 Å². The number of hydrogen-bond donors (Lipinski definition) is 0. The third kappa shape index (κ3) is 3.37. The summed E-state index contributed by atoms with van der Waals surface area (Å²) in [5, 5.41) is 0. The molecule has 1 unspecified atom stereocenters. The normalized spacial score (nSPS) is 21.7. The maximum absolute atomic E-state index is 12.8. The van der Waals surface area contributed by atoms with E-state index in [1.165, 1.54) is 13.0 Å². The number of alkyl halides is 4. The van der Waals surface area contributed by atoms with Crippen LogP contribution >= 0.6 is 11.6 Å². The Morgan fingerprint density at radius 2 is 2.14 bits per heavy atom. The van der Waals surface area contributed by atoms with Gasteiger partial charge in [0.2, 0.25) is 10.0 Å². The predicted molar refractivity (Wildman–Crippen MR) is 70.5 cm³/mol. The van der Waals surface area contributed by atoms with E-state index >= 15 is 0 Å². The van der Waals surface area contributed by atoms with Crippen molar-refractivity contribution < 1.29 is 26.0 Å². The largest absolute Gasteiger partial charge is 0.464 e. The number of furan rings is 1. The third-order valence-corrected chi connectivity index (χ3v) is 5.76. The molecule has 1 fully saturated rings. The summed E-state index contributed by atoms with van der Waals surface area (Å²) in [5.41, 5.74) is 0. The van der Waals surface area contributed by atoms with Crippen molar-refractivity contribution in [1.82, 2.24) is 4.31 Å². The second-order valence-electron chi connectivity index (χ2n) is 5.01. The van der Waals surface area contributed by atoms with E-state index in [0.29, 0.717) is 0 Å². The number of sulfonamides is 1. The summed E-state index contributed by atoms with van der Waals surface area (Å²) in [5.74, 6) is -1.21. The summed E-state index contributed by atoms with van der Waals surface area (Å²) < 4.78 is 69.3. The molecule has 1 aromatic rings. The Hall–Kier alpha value is -0.730. The average molecular weight is 346 g/mol. The van der Waals surface area contributed by atoms with Gasteiger partial charge in [-0.25, -0.2) is 8.42 Å². The molecule has 1 aromatic heterocycles. The van der Waals surface area contributed by atoms with Gasteiger partial charge in [-0.2, -0.15) is 17.5 Å². The molecule has 2 heterocycles. The van der Waals surface area contributed by atoms with Crippen LogP contribution in [0, 0.1) is 12.8 Å². The SMILES string of the molecule is Cc1oc(CCl)cc1S(=O)(=O)N1CCCC(C(F)(F)F)C1. The lowest BCUT2D eigenvalue weighted by Gasteiger charge is -2.32. The molecule has 0 saturated carbocycles. The van der Waals surface area contributed by atoms with Crippen molar-refractivity contribution >= 4 is 21.6 Å². The van der Waals surface area contributed by atoms with Crippen LogP contribution in [0.5, 0.6) is 0 Å². The van der Waals surface area contributed by atoms with Gasteiger partial charge in [0, 0.05) is 19.2 Å². The van der Waals surface area contributed by atoms with Gasteiger partial charge in [0.1, 0.15) is 16.4 Å². The van der Waals surface area contributed by atoms with Gasteiger partial charge in [-0.3, -0.25) is 0 Å². The van der Waals surface area contributed by atoms with E-state index in [1.54, 1.807) is 0 Å². The summed E-state index contributed by atoms with van der Waals surface area (Å²) in [4.78, 5) is -0.110. The van der Waals surface area contributed by atoms with Crippen LogP contribution in [0.25, 0.3) is 0 Å². The van der Waals surface area contributed by atoms with Crippen LogP contribution in [0.2, 0.25) is 0 Å². The molecule has 1 saturated heterocycles. The number of rotatable bonds is 3. The standard InChI is InChI=1S/C12H15ClF3NO3S/c1-8-11(5-10(6-13)20-8)21(18,19)17-4-2-3-9(7-17)12(14,15)16/h5,9H,2-4,6-7H2,1H3. The number of piperidine rings is 1. The third-order valence-electron chi connectivity index (χ3n) is 3.52.